The second kappa shape index (κ2) is 9.13. The van der Waals surface area contributed by atoms with Crippen LogP contribution in [0.4, 0.5) is 22.4 Å². The maximum absolute atomic E-state index is 13.3. The highest BCUT2D eigenvalue weighted by Crippen LogP contribution is 2.31. The minimum Gasteiger partial charge on any atom is -0.379 e. The fraction of sp³-hybridized carbons (Fsp3) is 0.524. The maximum Gasteiger partial charge on any atom is 0.343 e. The van der Waals surface area contributed by atoms with Crippen molar-refractivity contribution in [3.63, 3.8) is 0 Å². The number of hydrogen-bond donors (Lipinski definition) is 1. The molecule has 2 unspecified atom stereocenters. The van der Waals surface area contributed by atoms with Crippen molar-refractivity contribution in [1.82, 2.24) is 20.0 Å². The van der Waals surface area contributed by atoms with Gasteiger partial charge in [0.15, 0.2) is 0 Å². The molecule has 0 saturated carbocycles. The third-order valence-corrected chi connectivity index (χ3v) is 5.94. The number of carbonyl (C=O) groups is 1. The first-order valence-electron chi connectivity index (χ1n) is 10.8. The minimum atomic E-state index is -0.313. The van der Waals surface area contributed by atoms with Crippen molar-refractivity contribution in [3.8, 4) is 0 Å². The Morgan fingerprint density at radius 3 is 2.52 bits per heavy atom. The Morgan fingerprint density at radius 2 is 1.77 bits per heavy atom. The normalized spacial score (nSPS) is 23.9. The largest absolute Gasteiger partial charge is 0.379 e. The third kappa shape index (κ3) is 4.32. The number of morpholine rings is 2. The van der Waals surface area contributed by atoms with Gasteiger partial charge in [0, 0.05) is 18.8 Å². The number of para-hydroxylation sites is 1. The Bertz CT molecular complexity index is 872. The van der Waals surface area contributed by atoms with Crippen LogP contribution < -0.4 is 15.2 Å². The van der Waals surface area contributed by atoms with Gasteiger partial charge in [0.2, 0.25) is 5.95 Å². The molecule has 10 heteroatoms. The number of nitrogens with zero attached hydrogens (tertiary/aromatic N) is 6. The molecule has 1 aromatic carbocycles. The van der Waals surface area contributed by atoms with Gasteiger partial charge in [-0.2, -0.15) is 15.0 Å². The first-order chi connectivity index (χ1) is 15.3. The van der Waals surface area contributed by atoms with Crippen LogP contribution in [0.15, 0.2) is 36.7 Å². The van der Waals surface area contributed by atoms with Gasteiger partial charge in [0.1, 0.15) is 6.33 Å². The number of aromatic nitrogens is 3. The van der Waals surface area contributed by atoms with Crippen molar-refractivity contribution in [1.29, 1.82) is 0 Å². The van der Waals surface area contributed by atoms with Crippen LogP contribution in [0, 0.1) is 0 Å². The number of hydrazine groups is 1. The zero-order valence-electron chi connectivity index (χ0n) is 17.4. The molecule has 3 saturated heterocycles. The molecule has 3 aliphatic rings. The molecule has 2 aromatic rings. The minimum absolute atomic E-state index is 0.262. The van der Waals surface area contributed by atoms with E-state index in [1.54, 1.807) is 0 Å². The summed E-state index contributed by atoms with van der Waals surface area (Å²) in [4.78, 5) is 29.1. The van der Waals surface area contributed by atoms with Crippen molar-refractivity contribution in [2.24, 2.45) is 0 Å². The summed E-state index contributed by atoms with van der Waals surface area (Å²) in [5.74, 6) is 0.915. The van der Waals surface area contributed by atoms with E-state index < -0.39 is 0 Å². The van der Waals surface area contributed by atoms with Crippen molar-refractivity contribution in [2.75, 3.05) is 54.7 Å². The molecular weight excluding hydrogens is 398 g/mol. The predicted octanol–water partition coefficient (Wildman–Crippen LogP) is 1.92. The van der Waals surface area contributed by atoms with Crippen LogP contribution in [-0.4, -0.2) is 77.6 Å². The van der Waals surface area contributed by atoms with Gasteiger partial charge < -0.3 is 19.7 Å². The monoisotopic (exact) mass is 425 g/mol. The van der Waals surface area contributed by atoms with E-state index in [0.717, 1.165) is 12.8 Å². The lowest BCUT2D eigenvalue weighted by molar-refractivity contribution is 0.0358. The van der Waals surface area contributed by atoms with Gasteiger partial charge in [0.05, 0.1) is 38.5 Å². The molecule has 2 bridgehead atoms. The number of fused-ring (bicyclic) bond motifs is 2. The van der Waals surface area contributed by atoms with Gasteiger partial charge in [-0.1, -0.05) is 18.2 Å². The average molecular weight is 425 g/mol. The van der Waals surface area contributed by atoms with E-state index in [1.165, 1.54) is 17.8 Å². The lowest BCUT2D eigenvalue weighted by atomic mass is 9.95. The van der Waals surface area contributed by atoms with Gasteiger partial charge in [-0.3, -0.25) is 0 Å². The Hall–Kier alpha value is -2.82. The van der Waals surface area contributed by atoms with Crippen LogP contribution in [0.2, 0.25) is 0 Å². The summed E-state index contributed by atoms with van der Waals surface area (Å²) < 4.78 is 11.2. The highest BCUT2D eigenvalue weighted by molar-refractivity contribution is 5.99. The quantitative estimate of drug-likeness (QED) is 0.794. The summed E-state index contributed by atoms with van der Waals surface area (Å²) in [6.07, 6.45) is 4.79. The van der Waals surface area contributed by atoms with E-state index in [1.807, 2.05) is 35.3 Å². The van der Waals surface area contributed by atoms with Crippen molar-refractivity contribution in [2.45, 2.75) is 31.3 Å². The molecule has 0 aliphatic carbocycles. The highest BCUT2D eigenvalue weighted by atomic mass is 16.5. The lowest BCUT2D eigenvalue weighted by Crippen LogP contribution is -2.56. The van der Waals surface area contributed by atoms with Gasteiger partial charge in [-0.15, -0.1) is 0 Å². The maximum atomic E-state index is 13.3. The van der Waals surface area contributed by atoms with Crippen LogP contribution in [0.1, 0.15) is 19.3 Å². The number of nitrogens with one attached hydrogen (secondary N) is 1. The second-order valence-corrected chi connectivity index (χ2v) is 7.94. The number of rotatable bonds is 4. The Balaban J connectivity index is 1.44. The van der Waals surface area contributed by atoms with Crippen LogP contribution in [-0.2, 0) is 9.47 Å². The summed E-state index contributed by atoms with van der Waals surface area (Å²) >= 11 is 0. The molecule has 4 heterocycles. The van der Waals surface area contributed by atoms with Crippen molar-refractivity contribution in [3.05, 3.63) is 36.7 Å². The van der Waals surface area contributed by atoms with E-state index in [2.05, 4.69) is 20.2 Å². The molecule has 3 fully saturated rings. The second-order valence-electron chi connectivity index (χ2n) is 7.94. The van der Waals surface area contributed by atoms with E-state index in [9.17, 15) is 4.79 Å². The van der Waals surface area contributed by atoms with Gasteiger partial charge >= 0.3 is 6.03 Å². The lowest BCUT2D eigenvalue weighted by Gasteiger charge is -2.45. The Labute approximate surface area is 181 Å². The predicted molar refractivity (Wildman–Crippen MR) is 115 cm³/mol. The van der Waals surface area contributed by atoms with E-state index >= 15 is 0 Å². The number of hydrogen-bond acceptors (Lipinski definition) is 8. The van der Waals surface area contributed by atoms with Crippen molar-refractivity contribution >= 4 is 23.6 Å². The molecule has 2 amide bonds. The molecular formula is C21H27N7O3. The zero-order chi connectivity index (χ0) is 21.0. The molecule has 10 nitrogen and oxygen atoms in total. The number of ether oxygens (including phenoxy) is 2. The Morgan fingerprint density at radius 1 is 1.03 bits per heavy atom. The van der Waals surface area contributed by atoms with Crippen molar-refractivity contribution < 1.29 is 14.3 Å². The van der Waals surface area contributed by atoms with Gasteiger partial charge in [-0.05, 0) is 31.4 Å². The highest BCUT2D eigenvalue weighted by Gasteiger charge is 2.37. The fourth-order valence-corrected chi connectivity index (χ4v) is 4.46. The molecule has 164 valence electrons. The molecule has 5 rings (SSSR count). The topological polar surface area (TPSA) is 96.0 Å². The fourth-order valence-electron chi connectivity index (χ4n) is 4.46. The van der Waals surface area contributed by atoms with Crippen LogP contribution in [0.3, 0.4) is 0 Å². The first kappa shape index (κ1) is 20.1. The third-order valence-electron chi connectivity index (χ3n) is 5.94. The number of carbonyl (C=O) groups excluding carboxylic acids is 1. The first-order valence-corrected chi connectivity index (χ1v) is 10.8. The number of amides is 2. The van der Waals surface area contributed by atoms with Gasteiger partial charge in [-0.25, -0.2) is 14.8 Å². The smallest absolute Gasteiger partial charge is 0.343 e. The van der Waals surface area contributed by atoms with Crippen LogP contribution in [0.25, 0.3) is 0 Å². The summed E-state index contributed by atoms with van der Waals surface area (Å²) in [7, 11) is 0. The number of benzene rings is 1. The number of urea groups is 1. The summed E-state index contributed by atoms with van der Waals surface area (Å²) in [5.41, 5.74) is 0.711. The molecule has 0 radical (unpaired) electrons. The molecule has 2 atom stereocenters. The molecule has 0 spiro atoms. The van der Waals surface area contributed by atoms with E-state index in [0.29, 0.717) is 57.1 Å². The Kier molecular flexibility index (Phi) is 5.92. The standard InChI is InChI=1S/C21H27N7O3/c29-21(24-16-5-2-1-3-6-16)28(26-9-11-30-12-10-26)20-23-15-22-19(25-20)27-17-7-4-8-18(27)14-31-13-17/h1-3,5-6,15,17-18H,4,7-14H2,(H,24,29). The number of piperidine rings is 1. The molecule has 1 aromatic heterocycles. The summed E-state index contributed by atoms with van der Waals surface area (Å²) in [6.45, 7) is 3.60. The summed E-state index contributed by atoms with van der Waals surface area (Å²) in [5, 5.41) is 6.38. The van der Waals surface area contributed by atoms with Gasteiger partial charge in [0.25, 0.3) is 5.95 Å². The van der Waals surface area contributed by atoms with Crippen LogP contribution in [0.5, 0.6) is 0 Å². The molecule has 1 N–H and O–H groups in total. The van der Waals surface area contributed by atoms with E-state index in [-0.39, 0.29) is 18.1 Å². The zero-order valence-corrected chi connectivity index (χ0v) is 17.4. The van der Waals surface area contributed by atoms with E-state index in [4.69, 9.17) is 14.5 Å². The van der Waals surface area contributed by atoms with Crippen LogP contribution >= 0.6 is 0 Å². The SMILES string of the molecule is O=C(Nc1ccccc1)N(c1ncnc(N2C3CCCC2COC3)n1)N1CCOCC1. The molecule has 3 aliphatic heterocycles. The average Bonchev–Trinajstić information content (AvgIpc) is 2.80. The number of anilines is 3. The molecule has 31 heavy (non-hydrogen) atoms. The summed E-state index contributed by atoms with van der Waals surface area (Å²) in [6, 6.07) is 9.59.